The van der Waals surface area contributed by atoms with Crippen molar-refractivity contribution in [2.45, 2.75) is 57.0 Å². The molecule has 344 valence electrons. The summed E-state index contributed by atoms with van der Waals surface area (Å²) < 4.78 is 81.7. The number of nitrogens with one attached hydrogen (secondary N) is 3. The number of allylic oxidation sites excluding steroid dienone is 1. The lowest BCUT2D eigenvalue weighted by molar-refractivity contribution is -0.384. The zero-order chi connectivity index (χ0) is 46.1. The van der Waals surface area contributed by atoms with E-state index < -0.39 is 43.2 Å². The van der Waals surface area contributed by atoms with Gasteiger partial charge in [-0.05, 0) is 103 Å². The molecule has 14 nitrogen and oxygen atoms in total. The molecule has 0 unspecified atom stereocenters. The Kier molecular flexibility index (Phi) is 13.2. The summed E-state index contributed by atoms with van der Waals surface area (Å²) in [5, 5.41) is 15.6. The van der Waals surface area contributed by atoms with Crippen LogP contribution in [-0.4, -0.2) is 86.6 Å². The molecule has 8 rings (SSSR count). The van der Waals surface area contributed by atoms with Gasteiger partial charge in [0.15, 0.2) is 0 Å². The molecule has 4 heterocycles. The summed E-state index contributed by atoms with van der Waals surface area (Å²) >= 11 is 6.18. The van der Waals surface area contributed by atoms with E-state index in [0.29, 0.717) is 81.6 Å². The molecule has 2 aromatic heterocycles. The summed E-state index contributed by atoms with van der Waals surface area (Å²) in [7, 11) is -4.61. The number of aromatic amines is 1. The predicted molar refractivity (Wildman–Crippen MR) is 242 cm³/mol. The zero-order valence-electron chi connectivity index (χ0n) is 35.8. The largest absolute Gasteiger partial charge is 0.455 e. The van der Waals surface area contributed by atoms with Crippen LogP contribution in [0, 0.1) is 21.4 Å². The number of benzene rings is 3. The van der Waals surface area contributed by atoms with E-state index in [-0.39, 0.29) is 33.4 Å². The molecule has 3 N–H and O–H groups in total. The summed E-state index contributed by atoms with van der Waals surface area (Å²) in [5.41, 5.74) is 2.97. The minimum absolute atomic E-state index is 0.0300. The number of rotatable bonds is 13. The van der Waals surface area contributed by atoms with Crippen LogP contribution in [-0.2, 0) is 20.9 Å². The summed E-state index contributed by atoms with van der Waals surface area (Å²) in [6, 6.07) is 15.9. The van der Waals surface area contributed by atoms with E-state index >= 15 is 0 Å². The maximum Gasteiger partial charge on any atom is 0.417 e. The molecule has 2 aliphatic heterocycles. The lowest BCUT2D eigenvalue weighted by atomic mass is 9.72. The summed E-state index contributed by atoms with van der Waals surface area (Å²) in [5.74, 6) is -0.408. The highest BCUT2D eigenvalue weighted by molar-refractivity contribution is 7.90. The number of carbonyl (C=O) groups excluding carboxylic acids is 1. The average molecular weight is 936 g/mol. The third-order valence-corrected chi connectivity index (χ3v) is 14.0. The van der Waals surface area contributed by atoms with Crippen LogP contribution in [0.4, 0.5) is 30.2 Å². The number of pyridine rings is 1. The molecule has 0 spiro atoms. The standard InChI is InChI=1S/C46H49ClF3N7O7S/c1-45(2)13-9-32(37(25-45)30-3-7-38(39(47)22-30)46(48,49)50)28-55-15-17-56(18-16-55)33-4-6-36(42(23-33)64-34-21-31-10-14-51-43(31)53-27-34)44(58)54-65(61,62)35-5-8-40(41(24-35)57(59)60)52-26-29-11-19-63-20-12-29/h3-8,10,14,21-24,27,29,52H,9,11-13,15-20,25-26,28H2,1-2H3,(H,51,53)(H,54,58). The summed E-state index contributed by atoms with van der Waals surface area (Å²) in [6.07, 6.45) is 2.71. The van der Waals surface area contributed by atoms with Gasteiger partial charge in [-0.1, -0.05) is 37.1 Å². The zero-order valence-corrected chi connectivity index (χ0v) is 37.4. The summed E-state index contributed by atoms with van der Waals surface area (Å²) in [6.45, 7) is 9.14. The number of nitrogens with zero attached hydrogens (tertiary/aromatic N) is 4. The van der Waals surface area contributed by atoms with Gasteiger partial charge in [0, 0.05) is 81.9 Å². The van der Waals surface area contributed by atoms with Crippen molar-refractivity contribution >= 4 is 61.2 Å². The Labute approximate surface area is 379 Å². The lowest BCUT2D eigenvalue weighted by Gasteiger charge is -2.39. The first-order valence-electron chi connectivity index (χ1n) is 21.4. The highest BCUT2D eigenvalue weighted by atomic mass is 35.5. The minimum Gasteiger partial charge on any atom is -0.455 e. The van der Waals surface area contributed by atoms with Crippen molar-refractivity contribution in [1.29, 1.82) is 0 Å². The van der Waals surface area contributed by atoms with Crippen molar-refractivity contribution in [2.24, 2.45) is 11.3 Å². The number of fused-ring (bicyclic) bond motifs is 1. The molecule has 19 heteroatoms. The van der Waals surface area contributed by atoms with Gasteiger partial charge < -0.3 is 24.7 Å². The lowest BCUT2D eigenvalue weighted by Crippen LogP contribution is -2.47. The van der Waals surface area contributed by atoms with E-state index in [1.807, 2.05) is 6.07 Å². The van der Waals surface area contributed by atoms with Gasteiger partial charge in [0.2, 0.25) is 0 Å². The van der Waals surface area contributed by atoms with E-state index in [2.05, 4.69) is 43.7 Å². The van der Waals surface area contributed by atoms with E-state index in [4.69, 9.17) is 21.1 Å². The molecule has 2 fully saturated rings. The van der Waals surface area contributed by atoms with Gasteiger partial charge in [-0.3, -0.25) is 19.8 Å². The van der Waals surface area contributed by atoms with E-state index in [0.717, 1.165) is 48.8 Å². The number of nitro benzene ring substituents is 1. The van der Waals surface area contributed by atoms with Crippen molar-refractivity contribution in [3.8, 4) is 11.5 Å². The Morgan fingerprint density at radius 1 is 1.05 bits per heavy atom. The topological polar surface area (TPSA) is 172 Å². The van der Waals surface area contributed by atoms with Crippen molar-refractivity contribution in [3.05, 3.63) is 117 Å². The monoisotopic (exact) mass is 935 g/mol. The van der Waals surface area contributed by atoms with Crippen LogP contribution >= 0.6 is 11.6 Å². The molecule has 0 radical (unpaired) electrons. The van der Waals surface area contributed by atoms with Crippen molar-refractivity contribution < 1.29 is 40.8 Å². The first-order chi connectivity index (χ1) is 30.9. The van der Waals surface area contributed by atoms with Gasteiger partial charge >= 0.3 is 6.18 Å². The number of sulfonamides is 1. The number of alkyl halides is 3. The van der Waals surface area contributed by atoms with Crippen LogP contribution < -0.4 is 19.7 Å². The second-order valence-electron chi connectivity index (χ2n) is 17.6. The highest BCUT2D eigenvalue weighted by Crippen LogP contribution is 2.45. The average Bonchev–Trinajstić information content (AvgIpc) is 3.74. The molecular formula is C46H49ClF3N7O7S. The number of anilines is 2. The van der Waals surface area contributed by atoms with Gasteiger partial charge in [0.1, 0.15) is 22.8 Å². The number of H-pyrrole nitrogens is 1. The van der Waals surface area contributed by atoms with Gasteiger partial charge in [0.05, 0.1) is 32.2 Å². The van der Waals surface area contributed by atoms with Crippen LogP contribution in [0.25, 0.3) is 16.6 Å². The van der Waals surface area contributed by atoms with E-state index in [9.17, 15) is 36.5 Å². The number of nitro groups is 1. The number of piperazine rings is 1. The SMILES string of the molecule is CC1(C)CCC(CN2CCN(c3ccc(C(=O)NS(=O)(=O)c4ccc(NCC5CCOCC5)c([N+](=O)[O-])c4)c(Oc4cnc5[nH]ccc5c4)c3)CC2)=C(c2ccc(C(F)(F)F)c(Cl)c2)C1. The van der Waals surface area contributed by atoms with Crippen molar-refractivity contribution in [3.63, 3.8) is 0 Å². The molecular weight excluding hydrogens is 887 g/mol. The maximum absolute atomic E-state index is 13.9. The van der Waals surface area contributed by atoms with E-state index in [1.54, 1.807) is 24.4 Å². The smallest absolute Gasteiger partial charge is 0.417 e. The fraction of sp³-hybridized carbons (Fsp3) is 0.391. The fourth-order valence-corrected chi connectivity index (χ4v) is 9.96. The Morgan fingerprint density at radius 2 is 1.82 bits per heavy atom. The number of halogens is 4. The molecule has 65 heavy (non-hydrogen) atoms. The van der Waals surface area contributed by atoms with Crippen LogP contribution in [0.2, 0.25) is 5.02 Å². The molecule has 1 amide bonds. The third-order valence-electron chi connectivity index (χ3n) is 12.4. The van der Waals surface area contributed by atoms with E-state index in [1.165, 1.54) is 42.1 Å². The Hall–Kier alpha value is -5.69. The number of hydrogen-bond donors (Lipinski definition) is 3. The van der Waals surface area contributed by atoms with Gasteiger partial charge in [0.25, 0.3) is 21.6 Å². The van der Waals surface area contributed by atoms with Crippen LogP contribution in [0.1, 0.15) is 67.4 Å². The van der Waals surface area contributed by atoms with Crippen LogP contribution in [0.3, 0.4) is 0 Å². The quantitative estimate of drug-likeness (QED) is 0.0758. The Bertz CT molecular complexity index is 2750. The molecule has 5 aromatic rings. The normalized spacial score (nSPS) is 17.6. The number of amides is 1. The second kappa shape index (κ2) is 18.7. The number of aromatic nitrogens is 2. The molecule has 2 saturated heterocycles. The predicted octanol–water partition coefficient (Wildman–Crippen LogP) is 9.68. The number of hydrogen-bond acceptors (Lipinski definition) is 11. The van der Waals surface area contributed by atoms with Crippen molar-refractivity contribution in [1.82, 2.24) is 19.6 Å². The van der Waals surface area contributed by atoms with Gasteiger partial charge in [-0.2, -0.15) is 13.2 Å². The molecule has 1 aliphatic carbocycles. The molecule has 0 bridgehead atoms. The maximum atomic E-state index is 13.9. The molecule has 3 aliphatic rings. The van der Waals surface area contributed by atoms with Crippen LogP contribution in [0.15, 0.2) is 89.6 Å². The first kappa shape index (κ1) is 45.9. The second-order valence-corrected chi connectivity index (χ2v) is 19.6. The number of carbonyl (C=O) groups is 1. The van der Waals surface area contributed by atoms with Crippen molar-refractivity contribution in [2.75, 3.05) is 62.7 Å². The Morgan fingerprint density at radius 3 is 2.54 bits per heavy atom. The highest BCUT2D eigenvalue weighted by Gasteiger charge is 2.35. The van der Waals surface area contributed by atoms with Crippen LogP contribution in [0.5, 0.6) is 11.5 Å². The molecule has 3 aromatic carbocycles. The third kappa shape index (κ3) is 10.7. The fourth-order valence-electron chi connectivity index (χ4n) is 8.68. The summed E-state index contributed by atoms with van der Waals surface area (Å²) in [4.78, 5) is 36.7. The first-order valence-corrected chi connectivity index (χ1v) is 23.3. The Balaban J connectivity index is 1.00. The molecule has 0 atom stereocenters. The number of ether oxygens (including phenoxy) is 2. The van der Waals surface area contributed by atoms with Gasteiger partial charge in [-0.25, -0.2) is 18.1 Å². The molecule has 0 saturated carbocycles. The van der Waals surface area contributed by atoms with Gasteiger partial charge in [-0.15, -0.1) is 0 Å². The minimum atomic E-state index is -4.61.